The molecule has 0 saturated heterocycles. The van der Waals surface area contributed by atoms with Gasteiger partial charge in [0, 0.05) is 28.9 Å². The summed E-state index contributed by atoms with van der Waals surface area (Å²) in [7, 11) is 0. The van der Waals surface area contributed by atoms with Gasteiger partial charge in [0.05, 0.1) is 28.3 Å². The maximum atomic E-state index is 5.22. The van der Waals surface area contributed by atoms with Crippen molar-refractivity contribution in [1.29, 1.82) is 0 Å². The third-order valence-corrected chi connectivity index (χ3v) is 10.0. The Morgan fingerprint density at radius 2 is 0.926 bits per heavy atom. The van der Waals surface area contributed by atoms with Crippen LogP contribution in [0.3, 0.4) is 0 Å². The van der Waals surface area contributed by atoms with Crippen LogP contribution in [0.5, 0.6) is 0 Å². The fraction of sp³-hybridized carbons (Fsp3) is 0. The van der Waals surface area contributed by atoms with Gasteiger partial charge in [0.2, 0.25) is 0 Å². The molecule has 10 rings (SSSR count). The van der Waals surface area contributed by atoms with Gasteiger partial charge in [0.15, 0.2) is 5.82 Å². The van der Waals surface area contributed by atoms with Crippen LogP contribution < -0.4 is 0 Å². The molecule has 0 radical (unpaired) electrons. The zero-order chi connectivity index (χ0) is 35.8. The molecule has 0 amide bonds. The molecule has 0 spiro atoms. The lowest BCUT2D eigenvalue weighted by Crippen LogP contribution is -1.98. The summed E-state index contributed by atoms with van der Waals surface area (Å²) in [5, 5.41) is 5.84. The normalized spacial score (nSPS) is 11.3. The van der Waals surface area contributed by atoms with Crippen LogP contribution in [0.4, 0.5) is 0 Å². The number of rotatable bonds is 6. The molecule has 6 aromatic carbocycles. The quantitative estimate of drug-likeness (QED) is 0.163. The first-order chi connectivity index (χ1) is 26.8. The van der Waals surface area contributed by atoms with E-state index in [0.717, 1.165) is 61.3 Å². The van der Waals surface area contributed by atoms with E-state index < -0.39 is 0 Å². The lowest BCUT2D eigenvalue weighted by Gasteiger charge is -2.15. The van der Waals surface area contributed by atoms with Gasteiger partial charge in [-0.2, -0.15) is 0 Å². The van der Waals surface area contributed by atoms with Crippen molar-refractivity contribution in [3.05, 3.63) is 188 Å². The van der Waals surface area contributed by atoms with Crippen molar-refractivity contribution < 1.29 is 0 Å². The van der Waals surface area contributed by atoms with Crippen LogP contribution in [0, 0.1) is 0 Å². The predicted molar refractivity (Wildman–Crippen MR) is 221 cm³/mol. The van der Waals surface area contributed by atoms with Crippen molar-refractivity contribution in [1.82, 2.24) is 24.9 Å². The minimum atomic E-state index is 0.559. The molecule has 0 atom stereocenters. The summed E-state index contributed by atoms with van der Waals surface area (Å²) >= 11 is 0. The SMILES string of the molecule is c1ccc(-c2cc(-c3ccc(-c4ccc(-c5cc(-c6ccccn6)nc(-c6ccccn6)n5)c5ccccc45)cc3)nc3ccc4ccccc4c23)cc1. The molecular formula is C49H31N5. The number of nitrogens with zero attached hydrogens (tertiary/aromatic N) is 5. The molecule has 0 fully saturated rings. The summed E-state index contributed by atoms with van der Waals surface area (Å²) in [6.45, 7) is 0. The van der Waals surface area contributed by atoms with Gasteiger partial charge >= 0.3 is 0 Å². The Morgan fingerprint density at radius 3 is 1.69 bits per heavy atom. The summed E-state index contributed by atoms with van der Waals surface area (Å²) in [6.07, 6.45) is 3.55. The largest absolute Gasteiger partial charge is 0.255 e. The van der Waals surface area contributed by atoms with Crippen molar-refractivity contribution in [3.63, 3.8) is 0 Å². The Morgan fingerprint density at radius 1 is 0.315 bits per heavy atom. The molecule has 4 heterocycles. The number of fused-ring (bicyclic) bond motifs is 4. The molecule has 0 aliphatic heterocycles. The monoisotopic (exact) mass is 689 g/mol. The Hall–Kier alpha value is -7.37. The topological polar surface area (TPSA) is 64.5 Å². The van der Waals surface area contributed by atoms with Crippen LogP contribution >= 0.6 is 0 Å². The molecule has 0 bridgehead atoms. The zero-order valence-corrected chi connectivity index (χ0v) is 29.1. The van der Waals surface area contributed by atoms with E-state index in [9.17, 15) is 0 Å². The van der Waals surface area contributed by atoms with Gasteiger partial charge in [-0.25, -0.2) is 15.0 Å². The fourth-order valence-electron chi connectivity index (χ4n) is 7.44. The predicted octanol–water partition coefficient (Wildman–Crippen LogP) is 12.1. The molecule has 252 valence electrons. The number of aromatic nitrogens is 5. The maximum Gasteiger partial charge on any atom is 0.179 e. The molecule has 5 heteroatoms. The second kappa shape index (κ2) is 13.3. The second-order valence-corrected chi connectivity index (χ2v) is 13.3. The first kappa shape index (κ1) is 31.4. The van der Waals surface area contributed by atoms with E-state index in [2.05, 4.69) is 143 Å². The number of benzene rings is 6. The van der Waals surface area contributed by atoms with Crippen LogP contribution in [0.15, 0.2) is 188 Å². The average Bonchev–Trinajstić information content (AvgIpc) is 3.26. The lowest BCUT2D eigenvalue weighted by atomic mass is 9.92. The number of hydrogen-bond donors (Lipinski definition) is 0. The Labute approximate surface area is 312 Å². The van der Waals surface area contributed by atoms with Gasteiger partial charge in [-0.05, 0) is 86.3 Å². The molecule has 4 aromatic heterocycles. The van der Waals surface area contributed by atoms with Gasteiger partial charge in [-0.1, -0.05) is 133 Å². The maximum absolute atomic E-state index is 5.22. The third-order valence-electron chi connectivity index (χ3n) is 10.0. The lowest BCUT2D eigenvalue weighted by molar-refractivity contribution is 1.13. The zero-order valence-electron chi connectivity index (χ0n) is 29.1. The summed E-state index contributed by atoms with van der Waals surface area (Å²) in [5.74, 6) is 0.559. The van der Waals surface area contributed by atoms with E-state index in [1.54, 1.807) is 12.4 Å². The minimum absolute atomic E-state index is 0.559. The highest BCUT2D eigenvalue weighted by Crippen LogP contribution is 2.39. The highest BCUT2D eigenvalue weighted by Gasteiger charge is 2.17. The molecule has 54 heavy (non-hydrogen) atoms. The van der Waals surface area contributed by atoms with Crippen LogP contribution in [-0.4, -0.2) is 24.9 Å². The summed E-state index contributed by atoms with van der Waals surface area (Å²) < 4.78 is 0. The fourth-order valence-corrected chi connectivity index (χ4v) is 7.44. The highest BCUT2D eigenvalue weighted by atomic mass is 14.9. The second-order valence-electron chi connectivity index (χ2n) is 13.3. The summed E-state index contributed by atoms with van der Waals surface area (Å²) in [6, 6.07) is 61.0. The molecule has 0 aliphatic carbocycles. The van der Waals surface area contributed by atoms with Crippen molar-refractivity contribution in [2.45, 2.75) is 0 Å². The molecule has 0 aliphatic rings. The number of pyridine rings is 3. The van der Waals surface area contributed by atoms with Gasteiger partial charge < -0.3 is 0 Å². The Kier molecular flexibility index (Phi) is 7.73. The van der Waals surface area contributed by atoms with E-state index in [1.807, 2.05) is 42.5 Å². The minimum Gasteiger partial charge on any atom is -0.255 e. The van der Waals surface area contributed by atoms with E-state index in [1.165, 1.54) is 27.3 Å². The van der Waals surface area contributed by atoms with E-state index in [4.69, 9.17) is 15.0 Å². The van der Waals surface area contributed by atoms with E-state index in [-0.39, 0.29) is 0 Å². The van der Waals surface area contributed by atoms with Crippen LogP contribution in [0.25, 0.3) is 100 Å². The molecule has 5 nitrogen and oxygen atoms in total. The third kappa shape index (κ3) is 5.65. The molecule has 0 unspecified atom stereocenters. The van der Waals surface area contributed by atoms with Gasteiger partial charge in [-0.15, -0.1) is 0 Å². The summed E-state index contributed by atoms with van der Waals surface area (Å²) in [5.41, 5.74) is 11.7. The summed E-state index contributed by atoms with van der Waals surface area (Å²) in [4.78, 5) is 24.3. The standard InChI is InChI=1S/C49H31N5/c1-2-12-32(13-3-1)41-30-45(52-43-27-24-33-14-4-5-15-37(33)48(41)43)35-22-20-34(21-23-35)36-25-26-40(39-17-7-6-16-38(36)39)46-31-47(42-18-8-10-28-50-42)54-49(53-46)44-19-9-11-29-51-44/h1-31H. The first-order valence-electron chi connectivity index (χ1n) is 18.0. The average molecular weight is 690 g/mol. The van der Waals surface area contributed by atoms with E-state index >= 15 is 0 Å². The Balaban J connectivity index is 1.07. The van der Waals surface area contributed by atoms with Crippen molar-refractivity contribution in [3.8, 4) is 67.7 Å². The van der Waals surface area contributed by atoms with Crippen LogP contribution in [-0.2, 0) is 0 Å². The van der Waals surface area contributed by atoms with Crippen LogP contribution in [0.2, 0.25) is 0 Å². The van der Waals surface area contributed by atoms with Gasteiger partial charge in [0.1, 0.15) is 5.69 Å². The highest BCUT2D eigenvalue weighted by molar-refractivity contribution is 6.14. The molecule has 10 aromatic rings. The van der Waals surface area contributed by atoms with Crippen molar-refractivity contribution >= 4 is 32.4 Å². The molecule has 0 N–H and O–H groups in total. The van der Waals surface area contributed by atoms with Crippen LogP contribution in [0.1, 0.15) is 0 Å². The van der Waals surface area contributed by atoms with Gasteiger partial charge in [-0.3, -0.25) is 9.97 Å². The van der Waals surface area contributed by atoms with Crippen molar-refractivity contribution in [2.24, 2.45) is 0 Å². The first-order valence-corrected chi connectivity index (χ1v) is 18.0. The van der Waals surface area contributed by atoms with Gasteiger partial charge in [0.25, 0.3) is 0 Å². The Bertz CT molecular complexity index is 2910. The van der Waals surface area contributed by atoms with Crippen molar-refractivity contribution in [2.75, 3.05) is 0 Å². The smallest absolute Gasteiger partial charge is 0.179 e. The molecule has 0 saturated carbocycles. The van der Waals surface area contributed by atoms with E-state index in [0.29, 0.717) is 11.5 Å². The number of hydrogen-bond acceptors (Lipinski definition) is 5. The molecular weight excluding hydrogens is 659 g/mol.